The summed E-state index contributed by atoms with van der Waals surface area (Å²) in [5, 5.41) is 0. The highest BCUT2D eigenvalue weighted by atomic mass is 79.9. The van der Waals surface area contributed by atoms with Gasteiger partial charge in [0, 0.05) is 26.7 Å². The van der Waals surface area contributed by atoms with Crippen molar-refractivity contribution in [2.75, 3.05) is 4.90 Å². The zero-order chi connectivity index (χ0) is 17.0. The maximum absolute atomic E-state index is 3.65. The first-order valence-corrected chi connectivity index (χ1v) is 10.2. The smallest absolute Gasteiger partial charge is 0.0746 e. The Morgan fingerprint density at radius 2 is 1.40 bits per heavy atom. The molecule has 0 amide bonds. The predicted octanol–water partition coefficient (Wildman–Crippen LogP) is 6.75. The van der Waals surface area contributed by atoms with Gasteiger partial charge in [-0.3, -0.25) is 0 Å². The van der Waals surface area contributed by atoms with Gasteiger partial charge in [-0.2, -0.15) is 0 Å². The molecule has 1 atom stereocenters. The molecule has 0 radical (unpaired) electrons. The second-order valence-electron chi connectivity index (χ2n) is 6.96. The van der Waals surface area contributed by atoms with Crippen molar-refractivity contribution in [2.45, 2.75) is 24.8 Å². The minimum Gasteiger partial charge on any atom is -0.330 e. The Balaban J connectivity index is 1.78. The molecule has 0 saturated heterocycles. The number of anilines is 2. The van der Waals surface area contributed by atoms with Crippen molar-refractivity contribution >= 4 is 43.2 Å². The standard InChI is InChI=1S/C22H17Br2N/c23-18-6-8-20-15(12-18)10-11-22(17-4-2-1-3-5-17)14-16-13-19(24)7-9-21(16)25(20)22/h1-9,12-13H,10-11,14H2. The van der Waals surface area contributed by atoms with Crippen LogP contribution in [0, 0.1) is 0 Å². The molecule has 3 heteroatoms. The predicted molar refractivity (Wildman–Crippen MR) is 111 cm³/mol. The van der Waals surface area contributed by atoms with E-state index in [2.05, 4.69) is 103 Å². The molecule has 2 aliphatic rings. The van der Waals surface area contributed by atoms with E-state index in [0.29, 0.717) is 0 Å². The van der Waals surface area contributed by atoms with Crippen molar-refractivity contribution in [3.63, 3.8) is 0 Å². The van der Waals surface area contributed by atoms with Gasteiger partial charge in [0.25, 0.3) is 0 Å². The SMILES string of the molecule is Brc1ccc2c(c1)CCC1(c3ccccc3)Cc3cc(Br)ccc3N21. The van der Waals surface area contributed by atoms with Gasteiger partial charge < -0.3 is 4.90 Å². The Kier molecular flexibility index (Phi) is 3.58. The lowest BCUT2D eigenvalue weighted by Crippen LogP contribution is -2.44. The quantitative estimate of drug-likeness (QED) is 0.393. The summed E-state index contributed by atoms with van der Waals surface area (Å²) < 4.78 is 2.32. The van der Waals surface area contributed by atoms with Crippen molar-refractivity contribution in [2.24, 2.45) is 0 Å². The lowest BCUT2D eigenvalue weighted by molar-refractivity contribution is 0.405. The summed E-state index contributed by atoms with van der Waals surface area (Å²) in [6.07, 6.45) is 3.30. The third-order valence-electron chi connectivity index (χ3n) is 5.59. The number of halogens is 2. The van der Waals surface area contributed by atoms with E-state index in [1.807, 2.05) is 0 Å². The summed E-state index contributed by atoms with van der Waals surface area (Å²) in [6, 6.07) is 24.4. The lowest BCUT2D eigenvalue weighted by Gasteiger charge is -2.45. The third kappa shape index (κ3) is 2.32. The number of hydrogen-bond donors (Lipinski definition) is 0. The summed E-state index contributed by atoms with van der Waals surface area (Å²) in [7, 11) is 0. The molecule has 3 aromatic carbocycles. The minimum atomic E-state index is 0.0191. The molecule has 0 aromatic heterocycles. The van der Waals surface area contributed by atoms with Crippen LogP contribution in [0.1, 0.15) is 23.1 Å². The molecule has 0 fully saturated rings. The average Bonchev–Trinajstić information content (AvgIpc) is 2.97. The van der Waals surface area contributed by atoms with Crippen LogP contribution in [0.3, 0.4) is 0 Å². The van der Waals surface area contributed by atoms with Gasteiger partial charge in [-0.05, 0) is 65.9 Å². The Morgan fingerprint density at radius 3 is 2.12 bits per heavy atom. The van der Waals surface area contributed by atoms with Gasteiger partial charge in [-0.1, -0.05) is 62.2 Å². The van der Waals surface area contributed by atoms with E-state index in [-0.39, 0.29) is 5.54 Å². The molecule has 5 rings (SSSR count). The van der Waals surface area contributed by atoms with E-state index >= 15 is 0 Å². The molecule has 0 bridgehead atoms. The second kappa shape index (κ2) is 5.72. The van der Waals surface area contributed by atoms with Crippen LogP contribution < -0.4 is 4.90 Å². The first-order chi connectivity index (χ1) is 12.2. The Morgan fingerprint density at radius 1 is 0.760 bits per heavy atom. The summed E-state index contributed by atoms with van der Waals surface area (Å²) in [6.45, 7) is 0. The monoisotopic (exact) mass is 453 g/mol. The largest absolute Gasteiger partial charge is 0.330 e. The molecule has 1 unspecified atom stereocenters. The fourth-order valence-electron chi connectivity index (χ4n) is 4.54. The van der Waals surface area contributed by atoms with Crippen LogP contribution in [0.25, 0.3) is 0 Å². The van der Waals surface area contributed by atoms with Gasteiger partial charge in [0.05, 0.1) is 5.54 Å². The lowest BCUT2D eigenvalue weighted by atomic mass is 9.78. The third-order valence-corrected chi connectivity index (χ3v) is 6.58. The van der Waals surface area contributed by atoms with Crippen molar-refractivity contribution in [3.05, 3.63) is 92.4 Å². The van der Waals surface area contributed by atoms with Crippen molar-refractivity contribution < 1.29 is 0 Å². The van der Waals surface area contributed by atoms with Crippen molar-refractivity contribution in [1.82, 2.24) is 0 Å². The fraction of sp³-hybridized carbons (Fsp3) is 0.182. The number of aryl methyl sites for hydroxylation is 1. The molecule has 2 heterocycles. The highest BCUT2D eigenvalue weighted by Crippen LogP contribution is 2.55. The molecule has 1 nitrogen and oxygen atoms in total. The van der Waals surface area contributed by atoms with E-state index in [0.717, 1.165) is 28.2 Å². The van der Waals surface area contributed by atoms with Crippen molar-refractivity contribution in [1.29, 1.82) is 0 Å². The van der Waals surface area contributed by atoms with Gasteiger partial charge in [-0.15, -0.1) is 0 Å². The van der Waals surface area contributed by atoms with Gasteiger partial charge in [0.2, 0.25) is 0 Å². The molecular weight excluding hydrogens is 438 g/mol. The summed E-state index contributed by atoms with van der Waals surface area (Å²) in [5.41, 5.74) is 6.97. The maximum atomic E-state index is 3.65. The number of rotatable bonds is 1. The molecule has 124 valence electrons. The molecule has 0 N–H and O–H groups in total. The van der Waals surface area contributed by atoms with Crippen LogP contribution in [0.4, 0.5) is 11.4 Å². The average molecular weight is 455 g/mol. The fourth-order valence-corrected chi connectivity index (χ4v) is 5.35. The van der Waals surface area contributed by atoms with Crippen LogP contribution in [0.5, 0.6) is 0 Å². The van der Waals surface area contributed by atoms with Crippen LogP contribution in [-0.4, -0.2) is 0 Å². The van der Waals surface area contributed by atoms with Gasteiger partial charge in [0.1, 0.15) is 0 Å². The van der Waals surface area contributed by atoms with Crippen LogP contribution in [-0.2, 0) is 18.4 Å². The number of benzene rings is 3. The van der Waals surface area contributed by atoms with Crippen LogP contribution >= 0.6 is 31.9 Å². The van der Waals surface area contributed by atoms with E-state index in [1.165, 1.54) is 28.1 Å². The van der Waals surface area contributed by atoms with Crippen molar-refractivity contribution in [3.8, 4) is 0 Å². The number of nitrogens with zero attached hydrogens (tertiary/aromatic N) is 1. The summed E-state index contributed by atoms with van der Waals surface area (Å²) in [5.74, 6) is 0. The first kappa shape index (κ1) is 15.7. The molecule has 2 aliphatic heterocycles. The Labute approximate surface area is 164 Å². The molecule has 0 saturated carbocycles. The zero-order valence-corrected chi connectivity index (χ0v) is 16.8. The minimum absolute atomic E-state index is 0.0191. The first-order valence-electron chi connectivity index (χ1n) is 8.60. The molecular formula is C22H17Br2N. The summed E-state index contributed by atoms with van der Waals surface area (Å²) >= 11 is 7.29. The van der Waals surface area contributed by atoms with E-state index in [9.17, 15) is 0 Å². The second-order valence-corrected chi connectivity index (χ2v) is 8.79. The highest BCUT2D eigenvalue weighted by Gasteiger charge is 2.48. The topological polar surface area (TPSA) is 3.24 Å². The molecule has 0 aliphatic carbocycles. The summed E-state index contributed by atoms with van der Waals surface area (Å²) in [4.78, 5) is 2.59. The maximum Gasteiger partial charge on any atom is 0.0746 e. The van der Waals surface area contributed by atoms with E-state index < -0.39 is 0 Å². The molecule has 0 spiro atoms. The Bertz CT molecular complexity index is 967. The molecule has 25 heavy (non-hydrogen) atoms. The number of fused-ring (bicyclic) bond motifs is 5. The number of hydrogen-bond acceptors (Lipinski definition) is 1. The van der Waals surface area contributed by atoms with E-state index in [4.69, 9.17) is 0 Å². The zero-order valence-electron chi connectivity index (χ0n) is 13.7. The van der Waals surface area contributed by atoms with Gasteiger partial charge in [-0.25, -0.2) is 0 Å². The molecule has 3 aromatic rings. The van der Waals surface area contributed by atoms with Crippen LogP contribution in [0.15, 0.2) is 75.7 Å². The van der Waals surface area contributed by atoms with Gasteiger partial charge in [0.15, 0.2) is 0 Å². The highest BCUT2D eigenvalue weighted by molar-refractivity contribution is 9.10. The Hall–Kier alpha value is -1.58. The van der Waals surface area contributed by atoms with Gasteiger partial charge >= 0.3 is 0 Å². The van der Waals surface area contributed by atoms with Crippen LogP contribution in [0.2, 0.25) is 0 Å². The van der Waals surface area contributed by atoms with E-state index in [1.54, 1.807) is 0 Å². The normalized spacial score (nSPS) is 20.8.